The Labute approximate surface area is 255 Å². The zero-order valence-corrected chi connectivity index (χ0v) is 26.8. The quantitative estimate of drug-likeness (QED) is 0.225. The Morgan fingerprint density at radius 1 is 1.23 bits per heavy atom. The first kappa shape index (κ1) is 30.5. The van der Waals surface area contributed by atoms with E-state index in [0.29, 0.717) is 48.4 Å². The third-order valence-corrected chi connectivity index (χ3v) is 13.5. The fourth-order valence-corrected chi connectivity index (χ4v) is 6.32. The van der Waals surface area contributed by atoms with Crippen LogP contribution >= 0.6 is 0 Å². The third-order valence-electron chi connectivity index (χ3n) is 9.02. The molecule has 1 N–H and O–H groups in total. The SMILES string of the molecule is CC(C)(C)[Si](C)(C)OC[C@@]1(C)CN([B]C=O)c2c(C#N)cc(-c3ccnc(Nc4cc(C#N)nn4CCC4CC4)n3)cc21. The van der Waals surface area contributed by atoms with Crippen molar-refractivity contribution in [2.75, 3.05) is 23.3 Å². The molecular formula is C31H38BN8O2Si. The van der Waals surface area contributed by atoms with Gasteiger partial charge in [0.1, 0.15) is 24.1 Å². The van der Waals surface area contributed by atoms with Crippen LogP contribution < -0.4 is 10.1 Å². The van der Waals surface area contributed by atoms with Gasteiger partial charge in [0.25, 0.3) is 0 Å². The molecule has 0 saturated heterocycles. The molecule has 1 radical (unpaired) electrons. The summed E-state index contributed by atoms with van der Waals surface area (Å²) in [6.07, 6.45) is 5.95. The summed E-state index contributed by atoms with van der Waals surface area (Å²) < 4.78 is 8.50. The number of nitrogens with zero attached hydrogens (tertiary/aromatic N) is 7. The minimum absolute atomic E-state index is 0.0463. The Kier molecular flexibility index (Phi) is 8.21. The molecule has 10 nitrogen and oxygen atoms in total. The Balaban J connectivity index is 1.49. The summed E-state index contributed by atoms with van der Waals surface area (Å²) in [4.78, 5) is 22.6. The summed E-state index contributed by atoms with van der Waals surface area (Å²) >= 11 is 0. The van der Waals surface area contributed by atoms with Crippen molar-refractivity contribution in [2.24, 2.45) is 5.92 Å². The molecule has 43 heavy (non-hydrogen) atoms. The van der Waals surface area contributed by atoms with E-state index in [9.17, 15) is 15.3 Å². The van der Waals surface area contributed by atoms with E-state index in [1.165, 1.54) is 20.3 Å². The molecule has 1 aliphatic heterocycles. The molecule has 3 heterocycles. The zero-order valence-electron chi connectivity index (χ0n) is 25.8. The molecule has 1 aliphatic carbocycles. The van der Waals surface area contributed by atoms with Crippen molar-refractivity contribution in [1.82, 2.24) is 19.7 Å². The number of rotatable bonds is 11. The lowest BCUT2D eigenvalue weighted by atomic mass is 9.83. The molecule has 12 heteroatoms. The van der Waals surface area contributed by atoms with Crippen LogP contribution in [-0.2, 0) is 21.2 Å². The van der Waals surface area contributed by atoms with Gasteiger partial charge in [-0.25, -0.2) is 14.6 Å². The predicted octanol–water partition coefficient (Wildman–Crippen LogP) is 5.54. The Morgan fingerprint density at radius 2 is 2.00 bits per heavy atom. The highest BCUT2D eigenvalue weighted by molar-refractivity contribution is 6.74. The fraction of sp³-hybridized carbons (Fsp3) is 0.484. The van der Waals surface area contributed by atoms with Crippen LogP contribution in [0.3, 0.4) is 0 Å². The monoisotopic (exact) mass is 593 g/mol. The third kappa shape index (κ3) is 6.36. The molecule has 3 aromatic rings. The van der Waals surface area contributed by atoms with E-state index in [4.69, 9.17) is 9.41 Å². The van der Waals surface area contributed by atoms with Crippen LogP contribution in [0.2, 0.25) is 18.1 Å². The molecule has 0 bridgehead atoms. The number of aryl methyl sites for hydroxylation is 1. The van der Waals surface area contributed by atoms with Crippen LogP contribution in [0.15, 0.2) is 30.5 Å². The van der Waals surface area contributed by atoms with Crippen LogP contribution in [0.25, 0.3) is 11.3 Å². The first-order chi connectivity index (χ1) is 20.4. The molecule has 1 saturated carbocycles. The van der Waals surface area contributed by atoms with Crippen molar-refractivity contribution >= 4 is 39.4 Å². The highest BCUT2D eigenvalue weighted by atomic mass is 28.4. The number of aromatic nitrogens is 4. The van der Waals surface area contributed by atoms with Crippen LogP contribution in [0.1, 0.15) is 63.8 Å². The molecule has 2 aromatic heterocycles. The minimum atomic E-state index is -2.06. The van der Waals surface area contributed by atoms with Gasteiger partial charge in [0.15, 0.2) is 14.0 Å². The second-order valence-electron chi connectivity index (χ2n) is 13.4. The topological polar surface area (TPSA) is 133 Å². The lowest BCUT2D eigenvalue weighted by molar-refractivity contribution is 0.219. The van der Waals surface area contributed by atoms with E-state index < -0.39 is 13.7 Å². The number of fused-ring (bicyclic) bond motifs is 1. The molecule has 2 aliphatic rings. The molecule has 1 fully saturated rings. The standard InChI is InChI=1S/C31H38BN8O2Si/c1-30(2,3)43(5,6)42-19-31(4)18-39(32-20-41)28-23(16-33)13-22(14-25(28)31)26-9-11-35-29(36-26)37-27-15-24(17-34)38-40(27)12-10-21-7-8-21/h9,11,13-15,20-21H,7-8,10,12,18-19H2,1-6H3,(H,35,36,37)/t31-/m1/s1. The number of nitrogens with one attached hydrogen (secondary N) is 1. The summed E-state index contributed by atoms with van der Waals surface area (Å²) in [5.41, 5.74) is 3.44. The molecule has 5 rings (SSSR count). The van der Waals surface area contributed by atoms with Crippen LogP contribution in [-0.4, -0.2) is 54.8 Å². The van der Waals surface area contributed by atoms with Gasteiger partial charge >= 0.3 is 7.41 Å². The number of carbonyl (C=O) groups is 1. The fourth-order valence-electron chi connectivity index (χ4n) is 5.21. The molecular weight excluding hydrogens is 555 g/mol. The van der Waals surface area contributed by atoms with Gasteiger partial charge in [0.05, 0.1) is 11.3 Å². The summed E-state index contributed by atoms with van der Waals surface area (Å²) in [6, 6.07) is 11.9. The van der Waals surface area contributed by atoms with E-state index >= 15 is 0 Å². The number of nitriles is 2. The van der Waals surface area contributed by atoms with Crippen LogP contribution in [0.5, 0.6) is 0 Å². The highest BCUT2D eigenvalue weighted by Crippen LogP contribution is 2.46. The molecule has 1 aromatic carbocycles. The van der Waals surface area contributed by atoms with Crippen molar-refractivity contribution in [3.05, 3.63) is 47.3 Å². The number of hydrogen-bond acceptors (Lipinski definition) is 9. The van der Waals surface area contributed by atoms with E-state index in [0.717, 1.165) is 35.3 Å². The minimum Gasteiger partial charge on any atom is -0.416 e. The van der Waals surface area contributed by atoms with Crippen molar-refractivity contribution in [3.8, 4) is 23.4 Å². The molecule has 0 amide bonds. The maximum atomic E-state index is 11.6. The number of hydrogen-bond donors (Lipinski definition) is 1. The van der Waals surface area contributed by atoms with Gasteiger partial charge in [-0.05, 0) is 54.2 Å². The lowest BCUT2D eigenvalue weighted by Gasteiger charge is -2.39. The van der Waals surface area contributed by atoms with Gasteiger partial charge in [0.2, 0.25) is 5.95 Å². The van der Waals surface area contributed by atoms with Crippen molar-refractivity contribution in [2.45, 2.75) is 77.0 Å². The average molecular weight is 594 g/mol. The Bertz CT molecular complexity index is 1620. The van der Waals surface area contributed by atoms with Gasteiger partial charge in [-0.3, -0.25) is 0 Å². The maximum absolute atomic E-state index is 11.6. The van der Waals surface area contributed by atoms with E-state index in [-0.39, 0.29) is 5.04 Å². The highest BCUT2D eigenvalue weighted by Gasteiger charge is 2.44. The van der Waals surface area contributed by atoms with Crippen molar-refractivity contribution < 1.29 is 9.22 Å². The normalized spacial score (nSPS) is 18.1. The molecule has 1 atom stereocenters. The lowest BCUT2D eigenvalue weighted by Crippen LogP contribution is -2.46. The number of anilines is 3. The summed E-state index contributed by atoms with van der Waals surface area (Å²) in [5, 5.41) is 27.3. The maximum Gasteiger partial charge on any atom is 0.329 e. The Hall–Kier alpha value is -4.00. The summed E-state index contributed by atoms with van der Waals surface area (Å²) in [5.74, 6) is 1.76. The first-order valence-electron chi connectivity index (χ1n) is 14.7. The summed E-state index contributed by atoms with van der Waals surface area (Å²) in [6.45, 7) is 14.9. The molecule has 221 valence electrons. The average Bonchev–Trinajstić information content (AvgIpc) is 3.66. The van der Waals surface area contributed by atoms with Gasteiger partial charge in [-0.1, -0.05) is 40.5 Å². The largest absolute Gasteiger partial charge is 0.416 e. The van der Waals surface area contributed by atoms with E-state index in [1.807, 2.05) is 21.6 Å². The van der Waals surface area contributed by atoms with Gasteiger partial charge in [-0.2, -0.15) is 15.6 Å². The van der Waals surface area contributed by atoms with Gasteiger partial charge in [0, 0.05) is 48.6 Å². The van der Waals surface area contributed by atoms with E-state index in [1.54, 1.807) is 12.3 Å². The Morgan fingerprint density at radius 3 is 2.65 bits per heavy atom. The smallest absolute Gasteiger partial charge is 0.329 e. The van der Waals surface area contributed by atoms with Crippen molar-refractivity contribution in [3.63, 3.8) is 0 Å². The molecule has 0 spiro atoms. The van der Waals surface area contributed by atoms with Crippen LogP contribution in [0, 0.1) is 28.6 Å². The predicted molar refractivity (Wildman–Crippen MR) is 170 cm³/mol. The summed E-state index contributed by atoms with van der Waals surface area (Å²) in [7, 11) is -0.568. The van der Waals surface area contributed by atoms with Crippen LogP contribution in [0.4, 0.5) is 17.5 Å². The second-order valence-corrected chi connectivity index (χ2v) is 18.2. The van der Waals surface area contributed by atoms with Gasteiger partial charge in [-0.15, -0.1) is 0 Å². The number of carbonyl (C=O) groups excluding carboxylic acids is 1. The van der Waals surface area contributed by atoms with E-state index in [2.05, 4.69) is 74.4 Å². The molecule has 0 unspecified atom stereocenters. The van der Waals surface area contributed by atoms with Crippen molar-refractivity contribution in [1.29, 1.82) is 10.5 Å². The zero-order chi connectivity index (χ0) is 31.0. The van der Waals surface area contributed by atoms with Gasteiger partial charge < -0.3 is 19.3 Å². The second kappa shape index (κ2) is 11.6. The number of benzene rings is 1. The first-order valence-corrected chi connectivity index (χ1v) is 17.6.